The molecule has 0 aliphatic carbocycles. The molecule has 0 bridgehead atoms. The van der Waals surface area contributed by atoms with Gasteiger partial charge in [-0.2, -0.15) is 17.6 Å². The van der Waals surface area contributed by atoms with Crippen molar-refractivity contribution in [2.24, 2.45) is 0 Å². The Kier molecular flexibility index (Phi) is 5.44. The van der Waals surface area contributed by atoms with E-state index in [1.807, 2.05) is 0 Å². The van der Waals surface area contributed by atoms with Gasteiger partial charge in [0.2, 0.25) is 0 Å². The van der Waals surface area contributed by atoms with Gasteiger partial charge in [-0.15, -0.1) is 13.2 Å². The minimum absolute atomic E-state index is 0.0411. The molecular formula is C9H11F7O. The maximum Gasteiger partial charge on any atom is 0.525 e. The Morgan fingerprint density at radius 3 is 1.88 bits per heavy atom. The van der Waals surface area contributed by atoms with Gasteiger partial charge in [0.1, 0.15) is 0 Å². The smallest absolute Gasteiger partial charge is 0.242 e. The lowest BCUT2D eigenvalue weighted by Gasteiger charge is -2.25. The van der Waals surface area contributed by atoms with Crippen molar-refractivity contribution >= 4 is 0 Å². The first-order valence-corrected chi connectivity index (χ1v) is 4.72. The topological polar surface area (TPSA) is 9.23 Å². The fraction of sp³-hybridized carbons (Fsp3) is 0.778. The molecule has 17 heavy (non-hydrogen) atoms. The van der Waals surface area contributed by atoms with Crippen molar-refractivity contribution in [3.63, 3.8) is 0 Å². The lowest BCUT2D eigenvalue weighted by atomic mass is 10.2. The van der Waals surface area contributed by atoms with Crippen LogP contribution in [0.3, 0.4) is 0 Å². The van der Waals surface area contributed by atoms with E-state index in [9.17, 15) is 30.7 Å². The van der Waals surface area contributed by atoms with Crippen LogP contribution in [0.1, 0.15) is 26.2 Å². The minimum Gasteiger partial charge on any atom is -0.242 e. The molecule has 0 aliphatic heterocycles. The van der Waals surface area contributed by atoms with Gasteiger partial charge in [0, 0.05) is 0 Å². The van der Waals surface area contributed by atoms with Gasteiger partial charge in [0.15, 0.2) is 0 Å². The summed E-state index contributed by atoms with van der Waals surface area (Å²) in [6.45, 7) is 1.73. The fourth-order valence-corrected chi connectivity index (χ4v) is 0.912. The largest absolute Gasteiger partial charge is 0.525 e. The van der Waals surface area contributed by atoms with E-state index in [1.54, 1.807) is 6.92 Å². The van der Waals surface area contributed by atoms with Crippen LogP contribution in [0.2, 0.25) is 0 Å². The molecule has 0 aromatic heterocycles. The number of hydrogen-bond donors (Lipinski definition) is 0. The summed E-state index contributed by atoms with van der Waals surface area (Å²) >= 11 is 0. The van der Waals surface area contributed by atoms with Crippen molar-refractivity contribution in [1.82, 2.24) is 0 Å². The van der Waals surface area contributed by atoms with Crippen molar-refractivity contribution in [2.75, 3.05) is 0 Å². The second-order valence-electron chi connectivity index (χ2n) is 3.24. The Bertz CT molecular complexity index is 255. The summed E-state index contributed by atoms with van der Waals surface area (Å²) in [6.07, 6.45) is -9.96. The molecular weight excluding hydrogens is 257 g/mol. The van der Waals surface area contributed by atoms with Gasteiger partial charge in [0.25, 0.3) is 0 Å². The Labute approximate surface area is 93.2 Å². The number of unbranched alkanes of at least 4 members (excludes halogenated alkanes) is 2. The van der Waals surface area contributed by atoms with E-state index < -0.39 is 18.4 Å². The van der Waals surface area contributed by atoms with Crippen molar-refractivity contribution in [3.05, 3.63) is 12.2 Å². The number of alkyl halides is 7. The Morgan fingerprint density at radius 1 is 1.00 bits per heavy atom. The predicted octanol–water partition coefficient (Wildman–Crippen LogP) is 4.50. The van der Waals surface area contributed by atoms with Crippen LogP contribution in [-0.4, -0.2) is 18.4 Å². The maximum absolute atomic E-state index is 13.1. The van der Waals surface area contributed by atoms with E-state index >= 15 is 0 Å². The molecule has 0 unspecified atom stereocenters. The van der Waals surface area contributed by atoms with E-state index in [0.717, 1.165) is 0 Å². The molecule has 0 aromatic carbocycles. The molecule has 0 fully saturated rings. The summed E-state index contributed by atoms with van der Waals surface area (Å²) in [4.78, 5) is 0. The molecule has 102 valence electrons. The number of rotatable bonds is 5. The quantitative estimate of drug-likeness (QED) is 0.405. The molecule has 0 amide bonds. The van der Waals surface area contributed by atoms with Crippen molar-refractivity contribution in [1.29, 1.82) is 0 Å². The minimum atomic E-state index is -5.79. The summed E-state index contributed by atoms with van der Waals surface area (Å²) in [5, 5.41) is 0. The first-order valence-electron chi connectivity index (χ1n) is 4.72. The number of halogens is 7. The summed E-state index contributed by atoms with van der Waals surface area (Å²) in [5.41, 5.74) is 0. The van der Waals surface area contributed by atoms with Gasteiger partial charge in [-0.1, -0.05) is 25.8 Å². The molecule has 0 heterocycles. The first-order chi connectivity index (χ1) is 7.52. The molecule has 0 aliphatic rings. The average molecular weight is 268 g/mol. The van der Waals surface area contributed by atoms with Crippen molar-refractivity contribution < 1.29 is 35.5 Å². The fourth-order valence-electron chi connectivity index (χ4n) is 0.912. The summed E-state index contributed by atoms with van der Waals surface area (Å²) in [7, 11) is 0. The van der Waals surface area contributed by atoms with Gasteiger partial charge in [0.05, 0.1) is 0 Å². The van der Waals surface area contributed by atoms with Crippen LogP contribution >= 0.6 is 0 Å². The van der Waals surface area contributed by atoms with Gasteiger partial charge < -0.3 is 0 Å². The highest BCUT2D eigenvalue weighted by Crippen LogP contribution is 2.40. The molecule has 0 saturated carbocycles. The van der Waals surface area contributed by atoms with E-state index in [4.69, 9.17) is 0 Å². The predicted molar refractivity (Wildman–Crippen MR) is 45.7 cm³/mol. The standard InChI is InChI=1S/C9H11F7O/c1-2-3-4-5-6-7(10,8(11,12)13)17-9(14,15)16/h5-6H,2-4H2,1H3/b6-5-/t7-/m1/s1. The zero-order valence-electron chi connectivity index (χ0n) is 8.83. The lowest BCUT2D eigenvalue weighted by molar-refractivity contribution is -0.432. The highest BCUT2D eigenvalue weighted by atomic mass is 19.4. The molecule has 0 saturated heterocycles. The number of hydrogen-bond acceptors (Lipinski definition) is 1. The number of ether oxygens (including phenoxy) is 1. The second-order valence-corrected chi connectivity index (χ2v) is 3.24. The third-order valence-electron chi connectivity index (χ3n) is 1.71. The van der Waals surface area contributed by atoms with Gasteiger partial charge >= 0.3 is 18.4 Å². The highest BCUT2D eigenvalue weighted by molar-refractivity contribution is 5.00. The van der Waals surface area contributed by atoms with Gasteiger partial charge in [-0.05, 0) is 12.5 Å². The zero-order chi connectivity index (χ0) is 13.7. The third-order valence-corrected chi connectivity index (χ3v) is 1.71. The second kappa shape index (κ2) is 5.70. The molecule has 0 aromatic rings. The van der Waals surface area contributed by atoms with Gasteiger partial charge in [-0.25, -0.2) is 4.74 Å². The van der Waals surface area contributed by atoms with Gasteiger partial charge in [-0.3, -0.25) is 0 Å². The van der Waals surface area contributed by atoms with E-state index in [1.165, 1.54) is 0 Å². The molecule has 0 rings (SSSR count). The summed E-state index contributed by atoms with van der Waals surface area (Å²) in [5.74, 6) is -4.83. The van der Waals surface area contributed by atoms with Crippen molar-refractivity contribution in [2.45, 2.75) is 44.6 Å². The van der Waals surface area contributed by atoms with Crippen LogP contribution in [0.25, 0.3) is 0 Å². The molecule has 8 heteroatoms. The van der Waals surface area contributed by atoms with Crippen molar-refractivity contribution in [3.8, 4) is 0 Å². The van der Waals surface area contributed by atoms with Crippen LogP contribution < -0.4 is 0 Å². The molecule has 1 atom stereocenters. The van der Waals surface area contributed by atoms with Crippen LogP contribution in [-0.2, 0) is 4.74 Å². The zero-order valence-corrected chi connectivity index (χ0v) is 8.83. The van der Waals surface area contributed by atoms with Crippen LogP contribution in [0, 0.1) is 0 Å². The first kappa shape index (κ1) is 16.2. The SMILES string of the molecule is CCCC/C=C\[C@@](F)(OC(F)(F)F)C(F)(F)F. The normalized spacial score (nSPS) is 17.4. The monoisotopic (exact) mass is 268 g/mol. The van der Waals surface area contributed by atoms with E-state index in [0.29, 0.717) is 18.9 Å². The Hall–Kier alpha value is -0.790. The van der Waals surface area contributed by atoms with E-state index in [2.05, 4.69) is 4.74 Å². The maximum atomic E-state index is 13.1. The van der Waals surface area contributed by atoms with Crippen LogP contribution in [0.5, 0.6) is 0 Å². The lowest BCUT2D eigenvalue weighted by Crippen LogP contribution is -2.45. The summed E-state index contributed by atoms with van der Waals surface area (Å²) < 4.78 is 86.8. The summed E-state index contributed by atoms with van der Waals surface area (Å²) in [6, 6.07) is 0. The average Bonchev–Trinajstić information content (AvgIpc) is 2.08. The van der Waals surface area contributed by atoms with Crippen LogP contribution in [0.4, 0.5) is 30.7 Å². The Morgan fingerprint density at radius 2 is 1.53 bits per heavy atom. The Balaban J connectivity index is 4.81. The molecule has 0 radical (unpaired) electrons. The molecule has 0 N–H and O–H groups in total. The van der Waals surface area contributed by atoms with Crippen LogP contribution in [0.15, 0.2) is 12.2 Å². The van der Waals surface area contributed by atoms with E-state index in [-0.39, 0.29) is 12.5 Å². The highest BCUT2D eigenvalue weighted by Gasteiger charge is 2.61. The number of allylic oxidation sites excluding steroid dienone is 1. The molecule has 0 spiro atoms. The third kappa shape index (κ3) is 5.90. The molecule has 1 nitrogen and oxygen atoms in total.